The molecule has 2 amide bonds. The van der Waals surface area contributed by atoms with Crippen LogP contribution < -0.4 is 20.5 Å². The summed E-state index contributed by atoms with van der Waals surface area (Å²) < 4.78 is 21.7. The summed E-state index contributed by atoms with van der Waals surface area (Å²) >= 11 is 0. The second-order valence-electron chi connectivity index (χ2n) is 7.99. The first-order valence-electron chi connectivity index (χ1n) is 11.5. The van der Waals surface area contributed by atoms with Crippen LogP contribution in [0.5, 0.6) is 11.5 Å². The second-order valence-corrected chi connectivity index (χ2v) is 7.99. The van der Waals surface area contributed by atoms with Gasteiger partial charge in [-0.25, -0.2) is 5.06 Å². The first kappa shape index (κ1) is 25.5. The lowest BCUT2D eigenvalue weighted by molar-refractivity contribution is -0.0654. The zero-order valence-electron chi connectivity index (χ0n) is 20.2. The number of nitrogens with two attached hydrogens (primary N) is 1. The lowest BCUT2D eigenvalue weighted by Gasteiger charge is -2.14. The normalized spacial score (nSPS) is 10.8. The van der Waals surface area contributed by atoms with Gasteiger partial charge in [-0.1, -0.05) is 12.1 Å². The Morgan fingerprint density at radius 2 is 1.68 bits per heavy atom. The molecule has 3 aromatic carbocycles. The number of hydroxylamine groups is 2. The van der Waals surface area contributed by atoms with E-state index < -0.39 is 5.91 Å². The molecule has 37 heavy (non-hydrogen) atoms. The molecular weight excluding hydrogens is 478 g/mol. The number of carbonyl (C=O) groups is 2. The van der Waals surface area contributed by atoms with E-state index >= 15 is 0 Å². The van der Waals surface area contributed by atoms with Crippen LogP contribution in [0.15, 0.2) is 77.2 Å². The predicted octanol–water partition coefficient (Wildman–Crippen LogP) is 4.20. The van der Waals surface area contributed by atoms with Crippen molar-refractivity contribution < 1.29 is 33.4 Å². The van der Waals surface area contributed by atoms with E-state index in [0.29, 0.717) is 57.7 Å². The Morgan fingerprint density at radius 3 is 2.43 bits per heavy atom. The number of nitrogen functional groups attached to an aromatic ring is 1. The van der Waals surface area contributed by atoms with Crippen LogP contribution in [-0.2, 0) is 4.74 Å². The summed E-state index contributed by atoms with van der Waals surface area (Å²) in [5.41, 5.74) is 7.77. The van der Waals surface area contributed by atoms with Crippen molar-refractivity contribution in [2.75, 3.05) is 44.5 Å². The summed E-state index contributed by atoms with van der Waals surface area (Å²) in [7, 11) is 1.59. The number of anilines is 2. The highest BCUT2D eigenvalue weighted by molar-refractivity contribution is 6.05. The number of carbonyl (C=O) groups excluding carboxylic acids is 2. The third kappa shape index (κ3) is 6.57. The number of benzene rings is 3. The molecule has 10 nitrogen and oxygen atoms in total. The number of rotatable bonds is 11. The van der Waals surface area contributed by atoms with Crippen LogP contribution in [0.3, 0.4) is 0 Å². The Hall–Kier alpha value is -4.54. The fourth-order valence-corrected chi connectivity index (χ4v) is 3.45. The van der Waals surface area contributed by atoms with Gasteiger partial charge < -0.3 is 29.7 Å². The van der Waals surface area contributed by atoms with E-state index in [4.69, 9.17) is 24.4 Å². The fraction of sp³-hybridized carbons (Fsp3) is 0.185. The molecule has 0 aliphatic rings. The Balaban J connectivity index is 1.27. The Morgan fingerprint density at radius 1 is 0.946 bits per heavy atom. The molecule has 0 atom stereocenters. The lowest BCUT2D eigenvalue weighted by Crippen LogP contribution is -2.31. The first-order chi connectivity index (χ1) is 17.9. The number of para-hydroxylation sites is 2. The Bertz CT molecular complexity index is 1370. The fourth-order valence-electron chi connectivity index (χ4n) is 3.45. The summed E-state index contributed by atoms with van der Waals surface area (Å²) in [6.45, 7) is 0.773. The number of nitrogens with one attached hydrogen (secondary N) is 1. The van der Waals surface area contributed by atoms with Gasteiger partial charge in [0.25, 0.3) is 5.91 Å². The standard InChI is InChI=1S/C27H27N3O7/c1-34-14-15-36-21-10-11-24-19(16-21)17-25(37-24)27(32)30(33)12-13-35-20-8-6-18(7-9-20)26(31)29-23-5-3-2-4-22(23)28/h2-11,16-17,33H,12-15,28H2,1H3,(H,29,31). The van der Waals surface area contributed by atoms with Gasteiger partial charge in [0.05, 0.1) is 24.5 Å². The summed E-state index contributed by atoms with van der Waals surface area (Å²) in [5, 5.41) is 14.1. The maximum Gasteiger partial charge on any atom is 0.313 e. The minimum Gasteiger partial charge on any atom is -0.492 e. The number of hydrogen-bond acceptors (Lipinski definition) is 8. The van der Waals surface area contributed by atoms with Gasteiger partial charge in [-0.05, 0) is 60.7 Å². The van der Waals surface area contributed by atoms with E-state index in [-0.39, 0.29) is 24.8 Å². The zero-order chi connectivity index (χ0) is 26.2. The summed E-state index contributed by atoms with van der Waals surface area (Å²) in [4.78, 5) is 25.0. The minimum absolute atomic E-state index is 0.0130. The molecule has 0 saturated carbocycles. The molecule has 4 rings (SSSR count). The van der Waals surface area contributed by atoms with Crippen LogP contribution in [0.25, 0.3) is 11.0 Å². The molecule has 10 heteroatoms. The van der Waals surface area contributed by atoms with Crippen LogP contribution in [-0.4, -0.2) is 55.6 Å². The number of furan rings is 1. The van der Waals surface area contributed by atoms with Crippen molar-refractivity contribution in [3.63, 3.8) is 0 Å². The molecule has 0 aliphatic heterocycles. The van der Waals surface area contributed by atoms with Crippen LogP contribution in [0, 0.1) is 0 Å². The average molecular weight is 506 g/mol. The number of ether oxygens (including phenoxy) is 3. The van der Waals surface area contributed by atoms with Crippen LogP contribution in [0.2, 0.25) is 0 Å². The van der Waals surface area contributed by atoms with E-state index in [0.717, 1.165) is 0 Å². The number of amides is 2. The van der Waals surface area contributed by atoms with Crippen LogP contribution >= 0.6 is 0 Å². The molecule has 0 bridgehead atoms. The molecule has 0 radical (unpaired) electrons. The molecule has 1 aromatic heterocycles. The highest BCUT2D eigenvalue weighted by atomic mass is 16.5. The van der Waals surface area contributed by atoms with Gasteiger partial charge in [0.15, 0.2) is 5.76 Å². The monoisotopic (exact) mass is 505 g/mol. The van der Waals surface area contributed by atoms with E-state index in [1.54, 1.807) is 73.8 Å². The molecule has 0 saturated heterocycles. The summed E-state index contributed by atoms with van der Waals surface area (Å²) in [6.07, 6.45) is 0. The van der Waals surface area contributed by atoms with E-state index in [9.17, 15) is 14.8 Å². The topological polar surface area (TPSA) is 136 Å². The molecule has 0 aliphatic carbocycles. The predicted molar refractivity (Wildman–Crippen MR) is 137 cm³/mol. The van der Waals surface area contributed by atoms with Crippen LogP contribution in [0.4, 0.5) is 11.4 Å². The average Bonchev–Trinajstić information content (AvgIpc) is 3.33. The maximum atomic E-state index is 12.6. The van der Waals surface area contributed by atoms with Gasteiger partial charge in [-0.15, -0.1) is 0 Å². The smallest absolute Gasteiger partial charge is 0.313 e. The molecular formula is C27H27N3O7. The van der Waals surface area contributed by atoms with Gasteiger partial charge in [-0.3, -0.25) is 14.8 Å². The number of nitrogens with zero attached hydrogens (tertiary/aromatic N) is 1. The number of methoxy groups -OCH3 is 1. The highest BCUT2D eigenvalue weighted by Gasteiger charge is 2.19. The third-order valence-electron chi connectivity index (χ3n) is 5.39. The number of fused-ring (bicyclic) bond motifs is 1. The summed E-state index contributed by atoms with van der Waals surface area (Å²) in [6, 6.07) is 20.1. The molecule has 1 heterocycles. The van der Waals surface area contributed by atoms with E-state index in [1.807, 2.05) is 0 Å². The Labute approximate surface area is 213 Å². The largest absolute Gasteiger partial charge is 0.492 e. The first-order valence-corrected chi connectivity index (χ1v) is 11.5. The van der Waals surface area contributed by atoms with Crippen molar-refractivity contribution in [2.45, 2.75) is 0 Å². The van der Waals surface area contributed by atoms with Crippen LogP contribution in [0.1, 0.15) is 20.9 Å². The molecule has 192 valence electrons. The van der Waals surface area contributed by atoms with Crippen molar-refractivity contribution in [1.82, 2.24) is 5.06 Å². The summed E-state index contributed by atoms with van der Waals surface area (Å²) in [5.74, 6) is 0.0681. The maximum absolute atomic E-state index is 12.6. The van der Waals surface area contributed by atoms with Crippen molar-refractivity contribution in [2.24, 2.45) is 0 Å². The van der Waals surface area contributed by atoms with Gasteiger partial charge in [0, 0.05) is 18.1 Å². The Kier molecular flexibility index (Phi) is 8.24. The van der Waals surface area contributed by atoms with Crippen molar-refractivity contribution in [3.05, 3.63) is 84.1 Å². The zero-order valence-corrected chi connectivity index (χ0v) is 20.2. The molecule has 0 unspecified atom stereocenters. The van der Waals surface area contributed by atoms with Crippen molar-refractivity contribution >= 4 is 34.2 Å². The van der Waals surface area contributed by atoms with E-state index in [1.165, 1.54) is 6.07 Å². The molecule has 4 N–H and O–H groups in total. The lowest BCUT2D eigenvalue weighted by atomic mass is 10.2. The third-order valence-corrected chi connectivity index (χ3v) is 5.39. The molecule has 0 spiro atoms. The van der Waals surface area contributed by atoms with Crippen molar-refractivity contribution in [1.29, 1.82) is 0 Å². The van der Waals surface area contributed by atoms with E-state index in [2.05, 4.69) is 5.32 Å². The second kappa shape index (κ2) is 11.9. The van der Waals surface area contributed by atoms with Crippen molar-refractivity contribution in [3.8, 4) is 11.5 Å². The van der Waals surface area contributed by atoms with Gasteiger partial charge in [0.1, 0.15) is 30.3 Å². The minimum atomic E-state index is -0.700. The number of hydrogen-bond donors (Lipinski definition) is 3. The van der Waals surface area contributed by atoms with Gasteiger partial charge in [0.2, 0.25) is 0 Å². The SMILES string of the molecule is COCCOc1ccc2oc(C(=O)N(O)CCOc3ccc(C(=O)Nc4ccccc4N)cc3)cc2c1. The van der Waals surface area contributed by atoms with Gasteiger partial charge in [-0.2, -0.15) is 0 Å². The molecule has 0 fully saturated rings. The molecule has 4 aromatic rings. The highest BCUT2D eigenvalue weighted by Crippen LogP contribution is 2.25. The quantitative estimate of drug-likeness (QED) is 0.119. The van der Waals surface area contributed by atoms with Gasteiger partial charge >= 0.3 is 5.91 Å².